The zero-order chi connectivity index (χ0) is 19.3. The van der Waals surface area contributed by atoms with E-state index in [1.165, 1.54) is 24.0 Å². The zero-order valence-corrected chi connectivity index (χ0v) is 17.1. The van der Waals surface area contributed by atoms with Crippen molar-refractivity contribution in [1.29, 1.82) is 0 Å². The van der Waals surface area contributed by atoms with Crippen LogP contribution >= 0.6 is 11.6 Å². The molecular weight excluding hydrogens is 368 g/mol. The molecule has 2 fully saturated rings. The SMILES string of the molecule is Cc1ccc(-c2cc([C@@H]3C4CC[C@H](C[C@@H]3c3ccc(Cl)cc3)N4C)on2)cc1. The molecule has 5 rings (SSSR count). The number of aromatic nitrogens is 1. The van der Waals surface area contributed by atoms with Crippen LogP contribution in [0, 0.1) is 6.92 Å². The number of rotatable bonds is 3. The Balaban J connectivity index is 1.53. The lowest BCUT2D eigenvalue weighted by Gasteiger charge is -2.42. The molecule has 3 nitrogen and oxygen atoms in total. The number of hydrogen-bond acceptors (Lipinski definition) is 3. The Morgan fingerprint density at radius 1 is 1.04 bits per heavy atom. The molecule has 0 spiro atoms. The van der Waals surface area contributed by atoms with Gasteiger partial charge in [0.05, 0.1) is 0 Å². The summed E-state index contributed by atoms with van der Waals surface area (Å²) in [5.41, 5.74) is 4.64. The third-order valence-electron chi connectivity index (χ3n) is 6.77. The van der Waals surface area contributed by atoms with Gasteiger partial charge >= 0.3 is 0 Å². The van der Waals surface area contributed by atoms with E-state index in [2.05, 4.69) is 66.5 Å². The number of nitrogens with zero attached hydrogens (tertiary/aromatic N) is 2. The Bertz CT molecular complexity index is 963. The van der Waals surface area contributed by atoms with Gasteiger partial charge in [-0.2, -0.15) is 0 Å². The van der Waals surface area contributed by atoms with Crippen molar-refractivity contribution in [2.75, 3.05) is 7.05 Å². The van der Waals surface area contributed by atoms with Crippen LogP contribution in [0.15, 0.2) is 59.1 Å². The summed E-state index contributed by atoms with van der Waals surface area (Å²) >= 11 is 6.14. The van der Waals surface area contributed by atoms with E-state index in [9.17, 15) is 0 Å². The fraction of sp³-hybridized carbons (Fsp3) is 0.375. The number of benzene rings is 2. The monoisotopic (exact) mass is 392 g/mol. The summed E-state index contributed by atoms with van der Waals surface area (Å²) in [6.07, 6.45) is 3.64. The van der Waals surface area contributed by atoms with Crippen LogP contribution in [0.25, 0.3) is 11.3 Å². The smallest absolute Gasteiger partial charge is 0.142 e. The number of aryl methyl sites for hydroxylation is 1. The zero-order valence-electron chi connectivity index (χ0n) is 16.3. The van der Waals surface area contributed by atoms with Gasteiger partial charge < -0.3 is 4.52 Å². The standard InChI is InChI=1S/C24H25ClN2O/c1-15-3-5-17(6-4-15)21-14-23(28-26-21)24-20(16-7-9-18(25)10-8-16)13-19-11-12-22(24)27(19)2/h3-10,14,19-20,22,24H,11-13H2,1-2H3/t19-,20-,22?,24+/m1/s1. The van der Waals surface area contributed by atoms with Crippen molar-refractivity contribution < 1.29 is 4.52 Å². The number of likely N-dealkylation sites (N-methyl/N-ethyl adjacent to an activating group) is 1. The Hall–Kier alpha value is -2.10. The molecule has 4 atom stereocenters. The maximum Gasteiger partial charge on any atom is 0.142 e. The largest absolute Gasteiger partial charge is 0.360 e. The lowest BCUT2D eigenvalue weighted by atomic mass is 9.75. The van der Waals surface area contributed by atoms with E-state index in [1.54, 1.807) is 0 Å². The third-order valence-corrected chi connectivity index (χ3v) is 7.02. The molecule has 0 N–H and O–H groups in total. The number of piperidine rings is 1. The second-order valence-corrected chi connectivity index (χ2v) is 8.80. The van der Waals surface area contributed by atoms with Crippen LogP contribution in [0.2, 0.25) is 5.02 Å². The number of hydrogen-bond donors (Lipinski definition) is 0. The van der Waals surface area contributed by atoms with Crippen LogP contribution in [0.1, 0.15) is 48.0 Å². The molecule has 3 heterocycles. The van der Waals surface area contributed by atoms with Gasteiger partial charge in [-0.05, 0) is 56.8 Å². The fourth-order valence-corrected chi connectivity index (χ4v) is 5.34. The first-order chi connectivity index (χ1) is 13.6. The molecule has 0 amide bonds. The predicted octanol–water partition coefficient (Wildman–Crippen LogP) is 6.04. The molecule has 1 aromatic heterocycles. The van der Waals surface area contributed by atoms with Crippen molar-refractivity contribution >= 4 is 11.6 Å². The molecule has 0 saturated carbocycles. The molecule has 2 aliphatic rings. The first-order valence-electron chi connectivity index (χ1n) is 10.1. The molecule has 0 aliphatic carbocycles. The van der Waals surface area contributed by atoms with E-state index in [1.807, 2.05) is 12.1 Å². The molecule has 2 bridgehead atoms. The van der Waals surface area contributed by atoms with Crippen LogP contribution in [0.4, 0.5) is 0 Å². The molecule has 2 aliphatic heterocycles. The fourth-order valence-electron chi connectivity index (χ4n) is 5.21. The van der Waals surface area contributed by atoms with Crippen molar-refractivity contribution in [3.63, 3.8) is 0 Å². The van der Waals surface area contributed by atoms with Gasteiger partial charge in [0.1, 0.15) is 11.5 Å². The van der Waals surface area contributed by atoms with Crippen molar-refractivity contribution in [3.05, 3.63) is 76.5 Å². The van der Waals surface area contributed by atoms with Crippen LogP contribution in [-0.2, 0) is 0 Å². The van der Waals surface area contributed by atoms with E-state index < -0.39 is 0 Å². The van der Waals surface area contributed by atoms with E-state index in [0.717, 1.165) is 28.5 Å². The summed E-state index contributed by atoms with van der Waals surface area (Å²) < 4.78 is 5.96. The lowest BCUT2D eigenvalue weighted by Crippen LogP contribution is -2.44. The van der Waals surface area contributed by atoms with Gasteiger partial charge in [0.15, 0.2) is 0 Å². The Labute approximate surface area is 171 Å². The number of fused-ring (bicyclic) bond motifs is 2. The average Bonchev–Trinajstić information content (AvgIpc) is 3.26. The van der Waals surface area contributed by atoms with Gasteiger partial charge in [0, 0.05) is 34.7 Å². The van der Waals surface area contributed by atoms with Gasteiger partial charge in [-0.15, -0.1) is 0 Å². The predicted molar refractivity (Wildman–Crippen MR) is 113 cm³/mol. The van der Waals surface area contributed by atoms with Gasteiger partial charge in [0.25, 0.3) is 0 Å². The molecule has 0 radical (unpaired) electrons. The van der Waals surface area contributed by atoms with E-state index in [-0.39, 0.29) is 0 Å². The van der Waals surface area contributed by atoms with Gasteiger partial charge in [0.2, 0.25) is 0 Å². The molecule has 144 valence electrons. The highest BCUT2D eigenvalue weighted by atomic mass is 35.5. The summed E-state index contributed by atoms with van der Waals surface area (Å²) in [5.74, 6) is 1.76. The van der Waals surface area contributed by atoms with Gasteiger partial charge in [-0.1, -0.05) is 58.7 Å². The normalized spacial score (nSPS) is 27.2. The topological polar surface area (TPSA) is 29.3 Å². The highest BCUT2D eigenvalue weighted by Gasteiger charge is 2.48. The summed E-state index contributed by atoms with van der Waals surface area (Å²) in [5, 5.41) is 5.22. The summed E-state index contributed by atoms with van der Waals surface area (Å²) in [6.45, 7) is 2.10. The second kappa shape index (κ2) is 7.06. The lowest BCUT2D eigenvalue weighted by molar-refractivity contribution is 0.122. The van der Waals surface area contributed by atoms with Crippen LogP contribution in [-0.4, -0.2) is 29.2 Å². The van der Waals surface area contributed by atoms with E-state index in [0.29, 0.717) is 23.9 Å². The quantitative estimate of drug-likeness (QED) is 0.544. The average molecular weight is 393 g/mol. The van der Waals surface area contributed by atoms with Crippen molar-refractivity contribution in [1.82, 2.24) is 10.1 Å². The Kier molecular flexibility index (Phi) is 4.53. The molecule has 28 heavy (non-hydrogen) atoms. The molecule has 2 saturated heterocycles. The van der Waals surface area contributed by atoms with Gasteiger partial charge in [-0.25, -0.2) is 0 Å². The molecule has 4 heteroatoms. The minimum Gasteiger partial charge on any atom is -0.360 e. The van der Waals surface area contributed by atoms with Crippen molar-refractivity contribution in [3.8, 4) is 11.3 Å². The van der Waals surface area contributed by atoms with Crippen LogP contribution < -0.4 is 0 Å². The summed E-state index contributed by atoms with van der Waals surface area (Å²) in [4.78, 5) is 2.56. The maximum absolute atomic E-state index is 6.14. The molecule has 3 aromatic rings. The summed E-state index contributed by atoms with van der Waals surface area (Å²) in [6, 6.07) is 20.2. The Morgan fingerprint density at radius 2 is 1.79 bits per heavy atom. The van der Waals surface area contributed by atoms with Crippen LogP contribution in [0.3, 0.4) is 0 Å². The maximum atomic E-state index is 6.14. The third kappa shape index (κ3) is 3.07. The first-order valence-corrected chi connectivity index (χ1v) is 10.5. The first kappa shape index (κ1) is 18.0. The number of halogens is 1. The highest BCUT2D eigenvalue weighted by molar-refractivity contribution is 6.30. The van der Waals surface area contributed by atoms with Crippen molar-refractivity contribution in [2.45, 2.75) is 50.1 Å². The molecular formula is C24H25ClN2O. The second-order valence-electron chi connectivity index (χ2n) is 8.36. The van der Waals surface area contributed by atoms with Gasteiger partial charge in [-0.3, -0.25) is 4.90 Å². The van der Waals surface area contributed by atoms with E-state index in [4.69, 9.17) is 16.1 Å². The molecule has 1 unspecified atom stereocenters. The van der Waals surface area contributed by atoms with E-state index >= 15 is 0 Å². The minimum absolute atomic E-state index is 0.316. The molecule has 2 aromatic carbocycles. The van der Waals surface area contributed by atoms with Crippen LogP contribution in [0.5, 0.6) is 0 Å². The summed E-state index contributed by atoms with van der Waals surface area (Å²) in [7, 11) is 2.27. The highest BCUT2D eigenvalue weighted by Crippen LogP contribution is 2.51. The Morgan fingerprint density at radius 3 is 2.54 bits per heavy atom. The minimum atomic E-state index is 0.316. The van der Waals surface area contributed by atoms with Crippen molar-refractivity contribution in [2.24, 2.45) is 0 Å².